The summed E-state index contributed by atoms with van der Waals surface area (Å²) in [5.41, 5.74) is 11.2. The molecule has 0 unspecified atom stereocenters. The Morgan fingerprint density at radius 2 is 2.04 bits per heavy atom. The number of hydrogen-bond donors (Lipinski definition) is 1. The molecule has 2 aromatic rings. The second-order valence-corrected chi connectivity index (χ2v) is 8.62. The first kappa shape index (κ1) is 18.1. The lowest BCUT2D eigenvalue weighted by Crippen LogP contribution is -2.41. The molecule has 0 aromatic carbocycles. The first-order valence-corrected chi connectivity index (χ1v) is 10.8. The van der Waals surface area contributed by atoms with Crippen LogP contribution < -0.4 is 5.73 Å². The normalized spacial score (nSPS) is 22.1. The summed E-state index contributed by atoms with van der Waals surface area (Å²) in [6.45, 7) is 5.98. The fourth-order valence-electron chi connectivity index (χ4n) is 3.64. The van der Waals surface area contributed by atoms with Crippen LogP contribution >= 0.6 is 22.7 Å². The maximum atomic E-state index is 9.76. The van der Waals surface area contributed by atoms with Gasteiger partial charge in [-0.1, -0.05) is 0 Å². The molecule has 0 spiro atoms. The van der Waals surface area contributed by atoms with Gasteiger partial charge in [0.1, 0.15) is 17.4 Å². The zero-order chi connectivity index (χ0) is 19.0. The Hall–Kier alpha value is -2.33. The highest BCUT2D eigenvalue weighted by molar-refractivity contribution is 7.08. The van der Waals surface area contributed by atoms with E-state index in [9.17, 15) is 5.26 Å². The molecule has 0 aliphatic carbocycles. The molecule has 27 heavy (non-hydrogen) atoms. The van der Waals surface area contributed by atoms with E-state index < -0.39 is 0 Å². The summed E-state index contributed by atoms with van der Waals surface area (Å²) in [6, 6.07) is 6.86. The van der Waals surface area contributed by atoms with Crippen molar-refractivity contribution < 1.29 is 4.74 Å². The van der Waals surface area contributed by atoms with Gasteiger partial charge in [-0.2, -0.15) is 27.9 Å². The number of hydrogen-bond acceptors (Lipinski definition) is 6. The van der Waals surface area contributed by atoms with Crippen molar-refractivity contribution in [2.45, 2.75) is 25.8 Å². The Morgan fingerprint density at radius 1 is 1.26 bits per heavy atom. The van der Waals surface area contributed by atoms with Crippen molar-refractivity contribution in [3.8, 4) is 6.07 Å². The van der Waals surface area contributed by atoms with E-state index in [4.69, 9.17) is 10.5 Å². The van der Waals surface area contributed by atoms with Crippen molar-refractivity contribution >= 4 is 28.7 Å². The Kier molecular flexibility index (Phi) is 4.92. The fourth-order valence-corrected chi connectivity index (χ4v) is 4.94. The number of nitriles is 1. The third kappa shape index (κ3) is 3.34. The topological polar surface area (TPSA) is 62.3 Å². The highest BCUT2D eigenvalue weighted by atomic mass is 32.1. The quantitative estimate of drug-likeness (QED) is 0.820. The first-order valence-electron chi connectivity index (χ1n) is 8.88. The van der Waals surface area contributed by atoms with Crippen molar-refractivity contribution in [2.75, 3.05) is 13.1 Å². The molecule has 138 valence electrons. The maximum Gasteiger partial charge on any atom is 0.205 e. The Morgan fingerprint density at radius 3 is 2.67 bits per heavy atom. The first-order chi connectivity index (χ1) is 13.1. The van der Waals surface area contributed by atoms with Crippen LogP contribution in [0.2, 0.25) is 0 Å². The summed E-state index contributed by atoms with van der Waals surface area (Å²) in [6.07, 6.45) is 2.18. The minimum absolute atomic E-state index is 0.141. The molecule has 2 aromatic heterocycles. The summed E-state index contributed by atoms with van der Waals surface area (Å²) >= 11 is 3.31. The van der Waals surface area contributed by atoms with Crippen LogP contribution in [0.4, 0.5) is 0 Å². The second kappa shape index (κ2) is 7.35. The number of thiophene rings is 2. The van der Waals surface area contributed by atoms with Gasteiger partial charge in [-0.05, 0) is 70.3 Å². The zero-order valence-corrected chi connectivity index (χ0v) is 16.9. The molecule has 0 amide bonds. The van der Waals surface area contributed by atoms with Gasteiger partial charge in [-0.15, -0.1) is 0 Å². The van der Waals surface area contributed by atoms with Crippen LogP contribution in [0, 0.1) is 11.3 Å². The van der Waals surface area contributed by atoms with Gasteiger partial charge < -0.3 is 10.5 Å². The van der Waals surface area contributed by atoms with E-state index >= 15 is 0 Å². The van der Waals surface area contributed by atoms with Gasteiger partial charge in [0, 0.05) is 24.7 Å². The van der Waals surface area contributed by atoms with Gasteiger partial charge in [0.05, 0.1) is 5.92 Å². The van der Waals surface area contributed by atoms with Crippen LogP contribution in [-0.4, -0.2) is 24.0 Å². The summed E-state index contributed by atoms with van der Waals surface area (Å²) in [4.78, 5) is 2.41. The van der Waals surface area contributed by atoms with Gasteiger partial charge in [0.2, 0.25) is 5.88 Å². The molecule has 2 aliphatic rings. The SMILES string of the molecule is CC(C)N1CC2=C(OC(N)=C(C#N)[C@@H]2c2ccsc2)/C(=C/c2ccsc2)C1. The third-order valence-electron chi connectivity index (χ3n) is 5.06. The number of allylic oxidation sites excluding steroid dienone is 1. The lowest BCUT2D eigenvalue weighted by Gasteiger charge is -2.39. The van der Waals surface area contributed by atoms with Gasteiger partial charge in [0.15, 0.2) is 0 Å². The Labute approximate surface area is 167 Å². The summed E-state index contributed by atoms with van der Waals surface area (Å²) in [5, 5.41) is 18.1. The van der Waals surface area contributed by atoms with E-state index in [2.05, 4.69) is 59.2 Å². The van der Waals surface area contributed by atoms with Gasteiger partial charge in [-0.3, -0.25) is 4.90 Å². The number of nitrogens with zero attached hydrogens (tertiary/aromatic N) is 2. The Balaban J connectivity index is 1.87. The minimum Gasteiger partial charge on any atom is -0.440 e. The van der Waals surface area contributed by atoms with E-state index in [0.29, 0.717) is 11.6 Å². The average molecular weight is 396 g/mol. The average Bonchev–Trinajstić information content (AvgIpc) is 3.34. The van der Waals surface area contributed by atoms with E-state index in [0.717, 1.165) is 41.1 Å². The molecule has 0 saturated heterocycles. The lowest BCUT2D eigenvalue weighted by molar-refractivity contribution is 0.208. The van der Waals surface area contributed by atoms with Crippen LogP contribution in [0.5, 0.6) is 0 Å². The van der Waals surface area contributed by atoms with Crippen LogP contribution in [0.15, 0.2) is 62.0 Å². The zero-order valence-electron chi connectivity index (χ0n) is 15.3. The van der Waals surface area contributed by atoms with E-state index in [-0.39, 0.29) is 11.8 Å². The van der Waals surface area contributed by atoms with Crippen LogP contribution in [0.25, 0.3) is 6.08 Å². The molecular formula is C21H21N3OS2. The summed E-state index contributed by atoms with van der Waals surface area (Å²) in [7, 11) is 0. The fraction of sp³-hybridized carbons (Fsp3) is 0.286. The van der Waals surface area contributed by atoms with Crippen molar-refractivity contribution in [1.82, 2.24) is 4.90 Å². The minimum atomic E-state index is -0.141. The molecule has 6 heteroatoms. The molecular weight excluding hydrogens is 374 g/mol. The molecule has 2 N–H and O–H groups in total. The molecule has 0 radical (unpaired) electrons. The van der Waals surface area contributed by atoms with Crippen molar-refractivity contribution in [2.24, 2.45) is 5.73 Å². The van der Waals surface area contributed by atoms with E-state index in [1.807, 2.05) is 5.38 Å². The van der Waals surface area contributed by atoms with Gasteiger partial charge in [0.25, 0.3) is 0 Å². The Bertz CT molecular complexity index is 960. The third-order valence-corrected chi connectivity index (χ3v) is 6.46. The molecule has 2 aliphatic heterocycles. The van der Waals surface area contributed by atoms with Crippen molar-refractivity contribution in [3.63, 3.8) is 0 Å². The molecule has 4 rings (SSSR count). The van der Waals surface area contributed by atoms with E-state index in [1.54, 1.807) is 22.7 Å². The van der Waals surface area contributed by atoms with Crippen LogP contribution in [-0.2, 0) is 4.74 Å². The van der Waals surface area contributed by atoms with Crippen LogP contribution in [0.3, 0.4) is 0 Å². The molecule has 4 heterocycles. The maximum absolute atomic E-state index is 9.76. The standard InChI is InChI=1S/C21H21N3OS2/c1-13(2)24-9-16(7-14-3-5-26-11-14)20-18(10-24)19(15-4-6-27-12-15)17(8-22)21(23)25-20/h3-7,11-13,19H,9-10,23H2,1-2H3/b16-7+/t19-/m0/s1. The van der Waals surface area contributed by atoms with Crippen LogP contribution in [0.1, 0.15) is 30.9 Å². The summed E-state index contributed by atoms with van der Waals surface area (Å²) < 4.78 is 6.04. The molecule has 1 atom stereocenters. The molecule has 4 nitrogen and oxygen atoms in total. The van der Waals surface area contributed by atoms with Gasteiger partial charge >= 0.3 is 0 Å². The number of rotatable bonds is 3. The predicted molar refractivity (Wildman–Crippen MR) is 111 cm³/mol. The van der Waals surface area contributed by atoms with Crippen molar-refractivity contribution in [3.05, 3.63) is 73.1 Å². The molecule has 0 fully saturated rings. The number of ether oxygens (including phenoxy) is 1. The molecule has 0 saturated carbocycles. The number of nitrogens with two attached hydrogens (primary N) is 1. The summed E-state index contributed by atoms with van der Waals surface area (Å²) in [5.74, 6) is 0.921. The highest BCUT2D eigenvalue weighted by Crippen LogP contribution is 2.44. The van der Waals surface area contributed by atoms with Crippen molar-refractivity contribution in [1.29, 1.82) is 5.26 Å². The van der Waals surface area contributed by atoms with E-state index in [1.165, 1.54) is 0 Å². The monoisotopic (exact) mass is 395 g/mol. The lowest BCUT2D eigenvalue weighted by atomic mass is 9.81. The smallest absolute Gasteiger partial charge is 0.205 e. The molecule has 0 bridgehead atoms. The highest BCUT2D eigenvalue weighted by Gasteiger charge is 2.38. The second-order valence-electron chi connectivity index (χ2n) is 7.06. The van der Waals surface area contributed by atoms with Gasteiger partial charge in [-0.25, -0.2) is 0 Å². The predicted octanol–water partition coefficient (Wildman–Crippen LogP) is 4.68. The largest absolute Gasteiger partial charge is 0.440 e.